The lowest BCUT2D eigenvalue weighted by molar-refractivity contribution is 0.447. The number of anilines is 1. The number of hydrogen-bond donors (Lipinski definition) is 0. The lowest BCUT2D eigenvalue weighted by Crippen LogP contribution is -2.29. The number of halogens is 1. The summed E-state index contributed by atoms with van der Waals surface area (Å²) in [6.07, 6.45) is 2.34. The lowest BCUT2D eigenvalue weighted by atomic mass is 10.0. The van der Waals surface area contributed by atoms with Crippen LogP contribution in [0.3, 0.4) is 0 Å². The SMILES string of the molecule is CCC(CC)CN(CC)c1nnc(CCl)o1. The molecule has 0 aliphatic heterocycles. The molecule has 1 aromatic heterocycles. The highest BCUT2D eigenvalue weighted by Gasteiger charge is 2.15. The topological polar surface area (TPSA) is 42.2 Å². The quantitative estimate of drug-likeness (QED) is 0.693. The molecule has 4 nitrogen and oxygen atoms in total. The summed E-state index contributed by atoms with van der Waals surface area (Å²) in [5, 5.41) is 7.88. The zero-order valence-electron chi connectivity index (χ0n) is 10.2. The second-order valence-corrected chi connectivity index (χ2v) is 4.10. The summed E-state index contributed by atoms with van der Waals surface area (Å²) in [4.78, 5) is 2.11. The highest BCUT2D eigenvalue weighted by molar-refractivity contribution is 6.16. The maximum absolute atomic E-state index is 5.63. The van der Waals surface area contributed by atoms with Gasteiger partial charge in [0.2, 0.25) is 5.89 Å². The van der Waals surface area contributed by atoms with Crippen molar-refractivity contribution in [2.24, 2.45) is 5.92 Å². The van der Waals surface area contributed by atoms with Crippen molar-refractivity contribution in [2.45, 2.75) is 39.5 Å². The second kappa shape index (κ2) is 6.74. The van der Waals surface area contributed by atoms with Gasteiger partial charge in [-0.1, -0.05) is 31.8 Å². The van der Waals surface area contributed by atoms with Crippen LogP contribution in [0, 0.1) is 5.92 Å². The Morgan fingerprint density at radius 1 is 1.25 bits per heavy atom. The van der Waals surface area contributed by atoms with Crippen molar-refractivity contribution in [2.75, 3.05) is 18.0 Å². The van der Waals surface area contributed by atoms with E-state index in [1.165, 1.54) is 12.8 Å². The molecule has 0 fully saturated rings. The molecule has 92 valence electrons. The molecule has 0 N–H and O–H groups in total. The third-order valence-electron chi connectivity index (χ3n) is 2.86. The van der Waals surface area contributed by atoms with Crippen LogP contribution in [0.15, 0.2) is 4.42 Å². The molecule has 0 saturated heterocycles. The van der Waals surface area contributed by atoms with Gasteiger partial charge in [-0.05, 0) is 12.8 Å². The van der Waals surface area contributed by atoms with Gasteiger partial charge in [0.05, 0.1) is 0 Å². The van der Waals surface area contributed by atoms with Crippen LogP contribution in [-0.2, 0) is 5.88 Å². The van der Waals surface area contributed by atoms with Crippen molar-refractivity contribution in [1.82, 2.24) is 10.2 Å². The largest absolute Gasteiger partial charge is 0.407 e. The van der Waals surface area contributed by atoms with Gasteiger partial charge in [-0.15, -0.1) is 16.7 Å². The van der Waals surface area contributed by atoms with Gasteiger partial charge in [-0.3, -0.25) is 0 Å². The van der Waals surface area contributed by atoms with Gasteiger partial charge in [0.1, 0.15) is 5.88 Å². The van der Waals surface area contributed by atoms with E-state index in [0.717, 1.165) is 13.1 Å². The molecule has 0 amide bonds. The number of hydrogen-bond acceptors (Lipinski definition) is 4. The predicted octanol–water partition coefficient (Wildman–Crippen LogP) is 3.07. The summed E-state index contributed by atoms with van der Waals surface area (Å²) < 4.78 is 5.45. The van der Waals surface area contributed by atoms with E-state index in [4.69, 9.17) is 16.0 Å². The van der Waals surface area contributed by atoms with Gasteiger partial charge in [-0.25, -0.2) is 0 Å². The van der Waals surface area contributed by atoms with Crippen molar-refractivity contribution in [3.63, 3.8) is 0 Å². The monoisotopic (exact) mass is 245 g/mol. The first-order chi connectivity index (χ1) is 7.74. The van der Waals surface area contributed by atoms with E-state index in [1.54, 1.807) is 0 Å². The first-order valence-electron chi connectivity index (χ1n) is 5.88. The van der Waals surface area contributed by atoms with Crippen LogP contribution < -0.4 is 4.90 Å². The van der Waals surface area contributed by atoms with Crippen molar-refractivity contribution in [3.05, 3.63) is 5.89 Å². The molecule has 1 rings (SSSR count). The van der Waals surface area contributed by atoms with E-state index < -0.39 is 0 Å². The fourth-order valence-electron chi connectivity index (χ4n) is 1.63. The standard InChI is InChI=1S/C11H20ClN3O/c1-4-9(5-2)8-15(6-3)11-14-13-10(7-12)16-11/h9H,4-8H2,1-3H3. The maximum Gasteiger partial charge on any atom is 0.318 e. The summed E-state index contributed by atoms with van der Waals surface area (Å²) in [6, 6.07) is 0.588. The van der Waals surface area contributed by atoms with Gasteiger partial charge < -0.3 is 9.32 Å². The molecular weight excluding hydrogens is 226 g/mol. The number of aromatic nitrogens is 2. The molecule has 0 bridgehead atoms. The molecule has 0 saturated carbocycles. The lowest BCUT2D eigenvalue weighted by Gasteiger charge is -2.23. The maximum atomic E-state index is 5.63. The van der Waals surface area contributed by atoms with E-state index in [9.17, 15) is 0 Å². The van der Waals surface area contributed by atoms with Gasteiger partial charge in [0.15, 0.2) is 0 Å². The van der Waals surface area contributed by atoms with E-state index in [0.29, 0.717) is 17.8 Å². The highest BCUT2D eigenvalue weighted by atomic mass is 35.5. The summed E-state index contributed by atoms with van der Waals surface area (Å²) in [5.74, 6) is 1.43. The minimum atomic E-state index is 0.273. The molecule has 1 heterocycles. The first kappa shape index (κ1) is 13.3. The van der Waals surface area contributed by atoms with E-state index in [2.05, 4.69) is 35.9 Å². The van der Waals surface area contributed by atoms with E-state index in [-0.39, 0.29) is 5.88 Å². The molecule has 0 aliphatic rings. The fourth-order valence-corrected chi connectivity index (χ4v) is 1.74. The average molecular weight is 246 g/mol. The smallest absolute Gasteiger partial charge is 0.318 e. The Labute approximate surface area is 102 Å². The summed E-state index contributed by atoms with van der Waals surface area (Å²) in [6.45, 7) is 8.35. The van der Waals surface area contributed by atoms with Crippen molar-refractivity contribution in [1.29, 1.82) is 0 Å². The molecule has 16 heavy (non-hydrogen) atoms. The molecule has 0 radical (unpaired) electrons. The molecule has 0 spiro atoms. The first-order valence-corrected chi connectivity index (χ1v) is 6.41. The molecular formula is C11H20ClN3O. The van der Waals surface area contributed by atoms with Crippen LogP contribution in [0.4, 0.5) is 6.01 Å². The Kier molecular flexibility index (Phi) is 5.60. The van der Waals surface area contributed by atoms with E-state index in [1.807, 2.05) is 0 Å². The minimum absolute atomic E-state index is 0.273. The summed E-state index contributed by atoms with van der Waals surface area (Å²) >= 11 is 5.63. The van der Waals surface area contributed by atoms with Crippen LogP contribution in [0.1, 0.15) is 39.5 Å². The van der Waals surface area contributed by atoms with Gasteiger partial charge in [-0.2, -0.15) is 0 Å². The van der Waals surface area contributed by atoms with Crippen LogP contribution in [0.5, 0.6) is 0 Å². The van der Waals surface area contributed by atoms with Crippen LogP contribution in [-0.4, -0.2) is 23.3 Å². The summed E-state index contributed by atoms with van der Waals surface area (Å²) in [5.41, 5.74) is 0. The molecule has 0 unspecified atom stereocenters. The Morgan fingerprint density at radius 3 is 2.38 bits per heavy atom. The van der Waals surface area contributed by atoms with Crippen LogP contribution in [0.2, 0.25) is 0 Å². The third kappa shape index (κ3) is 3.37. The van der Waals surface area contributed by atoms with Crippen molar-refractivity contribution < 1.29 is 4.42 Å². The number of nitrogens with zero attached hydrogens (tertiary/aromatic N) is 3. The minimum Gasteiger partial charge on any atom is -0.407 e. The van der Waals surface area contributed by atoms with E-state index >= 15 is 0 Å². The zero-order chi connectivity index (χ0) is 12.0. The Balaban J connectivity index is 2.66. The number of rotatable bonds is 7. The number of alkyl halides is 1. The zero-order valence-corrected chi connectivity index (χ0v) is 11.0. The summed E-state index contributed by atoms with van der Waals surface area (Å²) in [7, 11) is 0. The van der Waals surface area contributed by atoms with Gasteiger partial charge in [0.25, 0.3) is 0 Å². The fraction of sp³-hybridized carbons (Fsp3) is 0.818. The van der Waals surface area contributed by atoms with Crippen LogP contribution >= 0.6 is 11.6 Å². The molecule has 0 aliphatic carbocycles. The average Bonchev–Trinajstić information content (AvgIpc) is 2.79. The second-order valence-electron chi connectivity index (χ2n) is 3.83. The molecule has 5 heteroatoms. The van der Waals surface area contributed by atoms with Crippen LogP contribution in [0.25, 0.3) is 0 Å². The van der Waals surface area contributed by atoms with Crippen molar-refractivity contribution >= 4 is 17.6 Å². The Morgan fingerprint density at radius 2 is 1.94 bits per heavy atom. The molecule has 0 atom stereocenters. The van der Waals surface area contributed by atoms with Gasteiger partial charge >= 0.3 is 6.01 Å². The van der Waals surface area contributed by atoms with Crippen molar-refractivity contribution in [3.8, 4) is 0 Å². The molecule has 0 aromatic carbocycles. The molecule has 1 aromatic rings. The third-order valence-corrected chi connectivity index (χ3v) is 3.08. The predicted molar refractivity (Wildman–Crippen MR) is 65.8 cm³/mol. The normalized spacial score (nSPS) is 11.1. The Hall–Kier alpha value is -0.770. The highest BCUT2D eigenvalue weighted by Crippen LogP contribution is 2.17. The Bertz CT molecular complexity index is 299. The van der Waals surface area contributed by atoms with Gasteiger partial charge in [0, 0.05) is 13.1 Å².